The van der Waals surface area contributed by atoms with Gasteiger partial charge in [0.2, 0.25) is 0 Å². The number of nitrogens with zero attached hydrogens (tertiary/aromatic N) is 2. The number of hydrogen-bond donors (Lipinski definition) is 0. The zero-order chi connectivity index (χ0) is 17.8. The average Bonchev–Trinajstić information content (AvgIpc) is 3.05. The standard InChI is InChI=1S/C23H20N2O/c1-26-20-14-11-18(12-15-20)13-16-23-24-21-9-5-6-10-22(21)25(23)17-19-7-3-2-4-8-19/h2-16H,17H2,1H3/b16-13+. The van der Waals surface area contributed by atoms with Gasteiger partial charge in [-0.1, -0.05) is 60.7 Å². The molecule has 0 radical (unpaired) electrons. The molecule has 3 aromatic carbocycles. The first-order chi connectivity index (χ1) is 12.8. The molecule has 1 heterocycles. The van der Waals surface area contributed by atoms with Gasteiger partial charge in [-0.05, 0) is 41.5 Å². The number of para-hydroxylation sites is 2. The van der Waals surface area contributed by atoms with E-state index >= 15 is 0 Å². The van der Waals surface area contributed by atoms with Crippen LogP contribution in [0.25, 0.3) is 23.2 Å². The molecule has 4 rings (SSSR count). The first-order valence-electron chi connectivity index (χ1n) is 8.65. The van der Waals surface area contributed by atoms with E-state index in [1.165, 1.54) is 5.56 Å². The molecular weight excluding hydrogens is 320 g/mol. The quantitative estimate of drug-likeness (QED) is 0.495. The Morgan fingerprint density at radius 3 is 2.35 bits per heavy atom. The van der Waals surface area contributed by atoms with Crippen LogP contribution in [0, 0.1) is 0 Å². The van der Waals surface area contributed by atoms with E-state index in [-0.39, 0.29) is 0 Å². The first kappa shape index (κ1) is 16.2. The second-order valence-electron chi connectivity index (χ2n) is 6.14. The second kappa shape index (κ2) is 7.28. The van der Waals surface area contributed by atoms with Crippen molar-refractivity contribution in [3.8, 4) is 5.75 Å². The molecule has 0 atom stereocenters. The third kappa shape index (κ3) is 3.38. The van der Waals surface area contributed by atoms with E-state index in [0.717, 1.165) is 34.7 Å². The third-order valence-electron chi connectivity index (χ3n) is 4.41. The first-order valence-corrected chi connectivity index (χ1v) is 8.65. The van der Waals surface area contributed by atoms with Crippen molar-refractivity contribution < 1.29 is 4.74 Å². The molecule has 0 spiro atoms. The predicted octanol–water partition coefficient (Wildman–Crippen LogP) is 5.26. The van der Waals surface area contributed by atoms with Crippen LogP contribution < -0.4 is 4.74 Å². The number of rotatable bonds is 5. The van der Waals surface area contributed by atoms with E-state index in [1.54, 1.807) is 7.11 Å². The van der Waals surface area contributed by atoms with E-state index in [4.69, 9.17) is 9.72 Å². The average molecular weight is 340 g/mol. The number of benzene rings is 3. The van der Waals surface area contributed by atoms with Crippen molar-refractivity contribution in [3.05, 3.63) is 95.8 Å². The molecule has 4 aromatic rings. The van der Waals surface area contributed by atoms with Crippen molar-refractivity contribution in [2.45, 2.75) is 6.54 Å². The van der Waals surface area contributed by atoms with Crippen molar-refractivity contribution in [3.63, 3.8) is 0 Å². The van der Waals surface area contributed by atoms with Crippen LogP contribution in [0.1, 0.15) is 17.0 Å². The Balaban J connectivity index is 1.71. The van der Waals surface area contributed by atoms with Gasteiger partial charge in [0.15, 0.2) is 0 Å². The Morgan fingerprint density at radius 2 is 1.58 bits per heavy atom. The molecule has 1 aromatic heterocycles. The fourth-order valence-corrected chi connectivity index (χ4v) is 3.04. The van der Waals surface area contributed by atoms with Gasteiger partial charge in [0.25, 0.3) is 0 Å². The SMILES string of the molecule is COc1ccc(/C=C/c2nc3ccccc3n2Cc2ccccc2)cc1. The zero-order valence-electron chi connectivity index (χ0n) is 14.7. The summed E-state index contributed by atoms with van der Waals surface area (Å²) in [5.41, 5.74) is 4.53. The Kier molecular flexibility index (Phi) is 4.52. The lowest BCUT2D eigenvalue weighted by atomic mass is 10.2. The van der Waals surface area contributed by atoms with Crippen molar-refractivity contribution in [1.29, 1.82) is 0 Å². The smallest absolute Gasteiger partial charge is 0.134 e. The Labute approximate surface area is 153 Å². The van der Waals surface area contributed by atoms with Crippen molar-refractivity contribution in [1.82, 2.24) is 9.55 Å². The van der Waals surface area contributed by atoms with Gasteiger partial charge in [-0.15, -0.1) is 0 Å². The summed E-state index contributed by atoms with van der Waals surface area (Å²) >= 11 is 0. The van der Waals surface area contributed by atoms with E-state index < -0.39 is 0 Å². The van der Waals surface area contributed by atoms with Crippen LogP contribution in [-0.2, 0) is 6.54 Å². The molecule has 0 aliphatic carbocycles. The molecule has 0 saturated heterocycles. The molecule has 0 saturated carbocycles. The maximum Gasteiger partial charge on any atom is 0.134 e. The zero-order valence-corrected chi connectivity index (χ0v) is 14.7. The molecule has 128 valence electrons. The lowest BCUT2D eigenvalue weighted by Crippen LogP contribution is -2.01. The van der Waals surface area contributed by atoms with Gasteiger partial charge in [-0.25, -0.2) is 4.98 Å². The lowest BCUT2D eigenvalue weighted by Gasteiger charge is -2.07. The fraction of sp³-hybridized carbons (Fsp3) is 0.0870. The van der Waals surface area contributed by atoms with Crippen LogP contribution >= 0.6 is 0 Å². The summed E-state index contributed by atoms with van der Waals surface area (Å²) in [7, 11) is 1.68. The van der Waals surface area contributed by atoms with Crippen LogP contribution in [0.15, 0.2) is 78.9 Å². The molecule has 0 unspecified atom stereocenters. The number of methoxy groups -OCH3 is 1. The molecule has 0 bridgehead atoms. The predicted molar refractivity (Wildman–Crippen MR) is 107 cm³/mol. The minimum Gasteiger partial charge on any atom is -0.497 e. The minimum atomic E-state index is 0.795. The highest BCUT2D eigenvalue weighted by Crippen LogP contribution is 2.20. The summed E-state index contributed by atoms with van der Waals surface area (Å²) in [5.74, 6) is 1.81. The Bertz CT molecular complexity index is 1030. The maximum absolute atomic E-state index is 5.22. The van der Waals surface area contributed by atoms with Crippen molar-refractivity contribution in [2.24, 2.45) is 0 Å². The highest BCUT2D eigenvalue weighted by molar-refractivity contribution is 5.80. The molecule has 0 N–H and O–H groups in total. The van der Waals surface area contributed by atoms with Gasteiger partial charge in [-0.3, -0.25) is 0 Å². The number of ether oxygens (including phenoxy) is 1. The summed E-state index contributed by atoms with van der Waals surface area (Å²) in [5, 5.41) is 0. The summed E-state index contributed by atoms with van der Waals surface area (Å²) in [4.78, 5) is 4.81. The monoisotopic (exact) mass is 340 g/mol. The number of imidazole rings is 1. The van der Waals surface area contributed by atoms with Gasteiger partial charge >= 0.3 is 0 Å². The molecule has 0 aliphatic heterocycles. The molecule has 0 aliphatic rings. The lowest BCUT2D eigenvalue weighted by molar-refractivity contribution is 0.415. The van der Waals surface area contributed by atoms with E-state index in [9.17, 15) is 0 Å². The summed E-state index contributed by atoms with van der Waals surface area (Å²) < 4.78 is 7.47. The number of fused-ring (bicyclic) bond motifs is 1. The molecule has 0 amide bonds. The summed E-state index contributed by atoms with van der Waals surface area (Å²) in [6.45, 7) is 0.795. The fourth-order valence-electron chi connectivity index (χ4n) is 3.04. The van der Waals surface area contributed by atoms with E-state index in [2.05, 4.69) is 59.2 Å². The van der Waals surface area contributed by atoms with E-state index in [0.29, 0.717) is 0 Å². The molecular formula is C23H20N2O. The molecule has 3 nitrogen and oxygen atoms in total. The van der Waals surface area contributed by atoms with Gasteiger partial charge in [0, 0.05) is 6.54 Å². The summed E-state index contributed by atoms with van der Waals surface area (Å²) in [6.07, 6.45) is 4.16. The Morgan fingerprint density at radius 1 is 0.846 bits per heavy atom. The van der Waals surface area contributed by atoms with Crippen LogP contribution in [0.5, 0.6) is 5.75 Å². The maximum atomic E-state index is 5.22. The molecule has 0 fully saturated rings. The molecule has 26 heavy (non-hydrogen) atoms. The van der Waals surface area contributed by atoms with Crippen LogP contribution in [0.3, 0.4) is 0 Å². The van der Waals surface area contributed by atoms with Gasteiger partial charge in [0.05, 0.1) is 18.1 Å². The van der Waals surface area contributed by atoms with Gasteiger partial charge in [-0.2, -0.15) is 0 Å². The topological polar surface area (TPSA) is 27.1 Å². The number of hydrogen-bond acceptors (Lipinski definition) is 2. The van der Waals surface area contributed by atoms with Gasteiger partial charge in [0.1, 0.15) is 11.6 Å². The highest BCUT2D eigenvalue weighted by Gasteiger charge is 2.08. The van der Waals surface area contributed by atoms with Crippen LogP contribution in [-0.4, -0.2) is 16.7 Å². The normalized spacial score (nSPS) is 11.3. The number of aromatic nitrogens is 2. The van der Waals surface area contributed by atoms with Crippen molar-refractivity contribution in [2.75, 3.05) is 7.11 Å². The van der Waals surface area contributed by atoms with E-state index in [1.807, 2.05) is 36.4 Å². The largest absolute Gasteiger partial charge is 0.497 e. The highest BCUT2D eigenvalue weighted by atomic mass is 16.5. The van der Waals surface area contributed by atoms with Crippen LogP contribution in [0.2, 0.25) is 0 Å². The van der Waals surface area contributed by atoms with Gasteiger partial charge < -0.3 is 9.30 Å². The minimum absolute atomic E-state index is 0.795. The third-order valence-corrected chi connectivity index (χ3v) is 4.41. The van der Waals surface area contributed by atoms with Crippen molar-refractivity contribution >= 4 is 23.2 Å². The molecule has 3 heteroatoms. The second-order valence-corrected chi connectivity index (χ2v) is 6.14. The Hall–Kier alpha value is -3.33. The summed E-state index contributed by atoms with van der Waals surface area (Å²) in [6, 6.07) is 26.7. The van der Waals surface area contributed by atoms with Crippen LogP contribution in [0.4, 0.5) is 0 Å².